The van der Waals surface area contributed by atoms with Crippen molar-refractivity contribution in [3.8, 4) is 0 Å². The van der Waals surface area contributed by atoms with E-state index in [0.29, 0.717) is 19.0 Å². The molecule has 1 atom stereocenters. The van der Waals surface area contributed by atoms with Gasteiger partial charge in [0, 0.05) is 38.2 Å². The molecule has 28 heavy (non-hydrogen) atoms. The molecule has 0 saturated carbocycles. The van der Waals surface area contributed by atoms with Crippen LogP contribution >= 0.6 is 0 Å². The molecule has 3 rings (SSSR count). The molecule has 0 aromatic carbocycles. The third-order valence-electron chi connectivity index (χ3n) is 5.56. The van der Waals surface area contributed by atoms with Crippen LogP contribution in [0.15, 0.2) is 29.5 Å². The average Bonchev–Trinajstić information content (AvgIpc) is 3.07. The largest absolute Gasteiger partial charge is 0.337 e. The van der Waals surface area contributed by atoms with Crippen molar-refractivity contribution in [1.29, 1.82) is 0 Å². The monoisotopic (exact) mass is 385 g/mol. The molecule has 0 radical (unpaired) electrons. The number of aromatic nitrogens is 3. The van der Waals surface area contributed by atoms with E-state index in [0.717, 1.165) is 37.3 Å². The van der Waals surface area contributed by atoms with E-state index in [2.05, 4.69) is 10.3 Å². The summed E-state index contributed by atoms with van der Waals surface area (Å²) in [4.78, 5) is 32.6. The number of carbonyl (C=O) groups excluding carboxylic acids is 1. The first-order valence-corrected chi connectivity index (χ1v) is 10.1. The number of carbonyl (C=O) groups is 1. The Labute approximate surface area is 166 Å². The molecule has 7 nitrogen and oxygen atoms in total. The topological polar surface area (TPSA) is 72.2 Å². The Morgan fingerprint density at radius 3 is 2.79 bits per heavy atom. The Bertz CT molecular complexity index is 877. The highest BCUT2D eigenvalue weighted by Gasteiger charge is 2.26. The molecule has 0 spiro atoms. The maximum Gasteiger partial charge on any atom is 0.263 e. The first-order valence-electron chi connectivity index (χ1n) is 10.1. The van der Waals surface area contributed by atoms with Crippen LogP contribution in [0, 0.1) is 12.8 Å². The van der Waals surface area contributed by atoms with E-state index in [1.54, 1.807) is 15.7 Å². The summed E-state index contributed by atoms with van der Waals surface area (Å²) in [6.45, 7) is 8.74. The maximum atomic E-state index is 13.4. The van der Waals surface area contributed by atoms with E-state index in [1.807, 2.05) is 50.8 Å². The summed E-state index contributed by atoms with van der Waals surface area (Å²) in [5.74, 6) is 0.992. The van der Waals surface area contributed by atoms with Gasteiger partial charge in [0.2, 0.25) is 0 Å². The van der Waals surface area contributed by atoms with Crippen molar-refractivity contribution < 1.29 is 4.79 Å². The molecule has 0 bridgehead atoms. The van der Waals surface area contributed by atoms with Gasteiger partial charge in [0.1, 0.15) is 11.4 Å². The normalized spacial score (nSPS) is 17.1. The minimum atomic E-state index is -0.225. The number of pyridine rings is 1. The second-order valence-corrected chi connectivity index (χ2v) is 8.02. The van der Waals surface area contributed by atoms with Gasteiger partial charge in [0.25, 0.3) is 11.5 Å². The summed E-state index contributed by atoms with van der Waals surface area (Å²) in [6, 6.07) is 1.84. The molecule has 0 aliphatic carbocycles. The van der Waals surface area contributed by atoms with Crippen LogP contribution in [0.1, 0.15) is 48.4 Å². The molecule has 1 N–H and O–H groups in total. The molecule has 3 heterocycles. The highest BCUT2D eigenvalue weighted by atomic mass is 16.2. The second-order valence-electron chi connectivity index (χ2n) is 8.02. The van der Waals surface area contributed by atoms with Gasteiger partial charge in [-0.2, -0.15) is 0 Å². The van der Waals surface area contributed by atoms with Gasteiger partial charge < -0.3 is 19.4 Å². The molecule has 2 aromatic rings. The maximum absolute atomic E-state index is 13.4. The van der Waals surface area contributed by atoms with Gasteiger partial charge in [-0.3, -0.25) is 9.59 Å². The van der Waals surface area contributed by atoms with E-state index in [1.165, 1.54) is 0 Å². The summed E-state index contributed by atoms with van der Waals surface area (Å²) in [5.41, 5.74) is 0.800. The molecular weight excluding hydrogens is 354 g/mol. The number of imidazole rings is 1. The van der Waals surface area contributed by atoms with E-state index >= 15 is 0 Å². The van der Waals surface area contributed by atoms with E-state index in [9.17, 15) is 9.59 Å². The zero-order valence-corrected chi connectivity index (χ0v) is 17.3. The van der Waals surface area contributed by atoms with Crippen LogP contribution in [0.3, 0.4) is 0 Å². The summed E-state index contributed by atoms with van der Waals surface area (Å²) in [5, 5.41) is 3.39. The van der Waals surface area contributed by atoms with Crippen LogP contribution < -0.4 is 10.9 Å². The standard InChI is InChI=1S/C21H31N5O2/c1-15(2)26(14-18-23-9-11-24(18)4)21(28)19-16(3)7-10-25(20(19)27)13-17-6-5-8-22-12-17/h7,9-11,15,17,22H,5-6,8,12-14H2,1-4H3. The number of nitrogens with one attached hydrogen (secondary N) is 1. The zero-order valence-electron chi connectivity index (χ0n) is 17.3. The lowest BCUT2D eigenvalue weighted by Gasteiger charge is -2.27. The van der Waals surface area contributed by atoms with Crippen molar-refractivity contribution in [2.24, 2.45) is 13.0 Å². The molecule has 1 aliphatic rings. The minimum absolute atomic E-state index is 0.0424. The van der Waals surface area contributed by atoms with Crippen molar-refractivity contribution in [3.05, 3.63) is 52.0 Å². The number of nitrogens with zero attached hydrogens (tertiary/aromatic N) is 4. The third kappa shape index (κ3) is 4.35. The van der Waals surface area contributed by atoms with Gasteiger partial charge in [-0.05, 0) is 64.3 Å². The quantitative estimate of drug-likeness (QED) is 0.825. The van der Waals surface area contributed by atoms with Crippen LogP contribution in [0.4, 0.5) is 0 Å². The Balaban J connectivity index is 1.89. The van der Waals surface area contributed by atoms with Gasteiger partial charge in [-0.1, -0.05) is 0 Å². The van der Waals surface area contributed by atoms with Gasteiger partial charge >= 0.3 is 0 Å². The van der Waals surface area contributed by atoms with Crippen molar-refractivity contribution in [2.75, 3.05) is 13.1 Å². The lowest BCUT2D eigenvalue weighted by Crippen LogP contribution is -2.42. The lowest BCUT2D eigenvalue weighted by molar-refractivity contribution is 0.0680. The fourth-order valence-electron chi connectivity index (χ4n) is 3.76. The number of hydrogen-bond donors (Lipinski definition) is 1. The Morgan fingerprint density at radius 2 is 2.18 bits per heavy atom. The summed E-state index contributed by atoms with van der Waals surface area (Å²) in [6.07, 6.45) is 7.63. The predicted molar refractivity (Wildman–Crippen MR) is 109 cm³/mol. The number of piperidine rings is 1. The molecule has 1 unspecified atom stereocenters. The predicted octanol–water partition coefficient (Wildman–Crippen LogP) is 1.94. The molecule has 152 valence electrons. The highest BCUT2D eigenvalue weighted by Crippen LogP contribution is 2.15. The third-order valence-corrected chi connectivity index (χ3v) is 5.56. The molecule has 7 heteroatoms. The number of rotatable bonds is 6. The van der Waals surface area contributed by atoms with Crippen molar-refractivity contribution >= 4 is 5.91 Å². The lowest BCUT2D eigenvalue weighted by atomic mass is 9.99. The minimum Gasteiger partial charge on any atom is -0.337 e. The summed E-state index contributed by atoms with van der Waals surface area (Å²) < 4.78 is 3.60. The second kappa shape index (κ2) is 8.73. The van der Waals surface area contributed by atoms with Crippen LogP contribution in [-0.2, 0) is 20.1 Å². The first-order chi connectivity index (χ1) is 13.4. The first kappa shape index (κ1) is 20.3. The summed E-state index contributed by atoms with van der Waals surface area (Å²) >= 11 is 0. The number of amides is 1. The molecule has 1 saturated heterocycles. The van der Waals surface area contributed by atoms with Gasteiger partial charge in [-0.25, -0.2) is 4.98 Å². The molecule has 1 fully saturated rings. The Kier molecular flexibility index (Phi) is 6.34. The molecule has 1 amide bonds. The van der Waals surface area contributed by atoms with Crippen LogP contribution in [0.2, 0.25) is 0 Å². The van der Waals surface area contributed by atoms with E-state index in [-0.39, 0.29) is 23.1 Å². The highest BCUT2D eigenvalue weighted by molar-refractivity contribution is 5.95. The SMILES string of the molecule is Cc1ccn(CC2CCCNC2)c(=O)c1C(=O)N(Cc1nccn1C)C(C)C. The van der Waals surface area contributed by atoms with Crippen molar-refractivity contribution in [2.45, 2.75) is 52.7 Å². The molecular formula is C21H31N5O2. The fourth-order valence-corrected chi connectivity index (χ4v) is 3.76. The summed E-state index contributed by atoms with van der Waals surface area (Å²) in [7, 11) is 1.91. The van der Waals surface area contributed by atoms with Gasteiger partial charge in [0.05, 0.1) is 6.54 Å². The van der Waals surface area contributed by atoms with Gasteiger partial charge in [-0.15, -0.1) is 0 Å². The van der Waals surface area contributed by atoms with Crippen LogP contribution in [0.25, 0.3) is 0 Å². The fraction of sp³-hybridized carbons (Fsp3) is 0.571. The Hall–Kier alpha value is -2.41. The smallest absolute Gasteiger partial charge is 0.263 e. The molecule has 1 aliphatic heterocycles. The Morgan fingerprint density at radius 1 is 1.39 bits per heavy atom. The van der Waals surface area contributed by atoms with E-state index < -0.39 is 0 Å². The number of aryl methyl sites for hydroxylation is 2. The van der Waals surface area contributed by atoms with Crippen molar-refractivity contribution in [3.63, 3.8) is 0 Å². The molecule has 2 aromatic heterocycles. The van der Waals surface area contributed by atoms with E-state index in [4.69, 9.17) is 0 Å². The van der Waals surface area contributed by atoms with Crippen LogP contribution in [0.5, 0.6) is 0 Å². The zero-order chi connectivity index (χ0) is 20.3. The van der Waals surface area contributed by atoms with Crippen molar-refractivity contribution in [1.82, 2.24) is 24.3 Å². The number of hydrogen-bond acceptors (Lipinski definition) is 4. The van der Waals surface area contributed by atoms with Crippen LogP contribution in [-0.4, -0.2) is 44.1 Å². The van der Waals surface area contributed by atoms with Gasteiger partial charge in [0.15, 0.2) is 0 Å². The average molecular weight is 386 g/mol.